The summed E-state index contributed by atoms with van der Waals surface area (Å²) in [5.41, 5.74) is 1.75. The molecule has 3 aromatic rings. The van der Waals surface area contributed by atoms with Crippen LogP contribution in [0.3, 0.4) is 0 Å². The summed E-state index contributed by atoms with van der Waals surface area (Å²) in [6.07, 6.45) is 0. The summed E-state index contributed by atoms with van der Waals surface area (Å²) in [4.78, 5) is 23.2. The van der Waals surface area contributed by atoms with Crippen molar-refractivity contribution in [2.45, 2.75) is 13.8 Å². The molecule has 0 aromatic heterocycles. The van der Waals surface area contributed by atoms with Gasteiger partial charge in [0.25, 0.3) is 0 Å². The standard InChI is InChI=1S/C29H26F2O6/c1-17(2)28(32)36-13-12-35-21-8-10-23(25(31)16-21)19-6-9-22(24(30)14-19)20-7-11-26(27(15-20)34-5)37-29(33)18(3)4/h6-11,14-16H,1,3,12-13H2,2,4-5H3. The molecule has 37 heavy (non-hydrogen) atoms. The Balaban J connectivity index is 1.75. The fourth-order valence-electron chi connectivity index (χ4n) is 3.26. The second-order valence-corrected chi connectivity index (χ2v) is 8.14. The molecule has 0 radical (unpaired) electrons. The number of rotatable bonds is 10. The highest BCUT2D eigenvalue weighted by atomic mass is 19.1. The predicted octanol–water partition coefficient (Wildman–Crippen LogP) is 6.29. The van der Waals surface area contributed by atoms with Crippen molar-refractivity contribution in [2.75, 3.05) is 20.3 Å². The van der Waals surface area contributed by atoms with E-state index in [1.165, 1.54) is 51.3 Å². The lowest BCUT2D eigenvalue weighted by Crippen LogP contribution is -2.12. The molecule has 0 N–H and O–H groups in total. The molecule has 0 amide bonds. The summed E-state index contributed by atoms with van der Waals surface area (Å²) < 4.78 is 50.7. The van der Waals surface area contributed by atoms with Crippen molar-refractivity contribution < 1.29 is 37.3 Å². The Morgan fingerprint density at radius 3 is 1.95 bits per heavy atom. The Morgan fingerprint density at radius 2 is 1.35 bits per heavy atom. The monoisotopic (exact) mass is 508 g/mol. The second-order valence-electron chi connectivity index (χ2n) is 8.14. The van der Waals surface area contributed by atoms with Gasteiger partial charge in [-0.15, -0.1) is 0 Å². The van der Waals surface area contributed by atoms with E-state index in [0.717, 1.165) is 0 Å². The molecule has 8 heteroatoms. The number of esters is 2. The highest BCUT2D eigenvalue weighted by molar-refractivity contribution is 5.89. The van der Waals surface area contributed by atoms with E-state index in [1.54, 1.807) is 24.3 Å². The highest BCUT2D eigenvalue weighted by Crippen LogP contribution is 2.36. The van der Waals surface area contributed by atoms with Crippen LogP contribution in [0.25, 0.3) is 22.3 Å². The van der Waals surface area contributed by atoms with Crippen LogP contribution >= 0.6 is 0 Å². The fourth-order valence-corrected chi connectivity index (χ4v) is 3.26. The van der Waals surface area contributed by atoms with E-state index < -0.39 is 23.6 Å². The van der Waals surface area contributed by atoms with Gasteiger partial charge in [-0.3, -0.25) is 0 Å². The van der Waals surface area contributed by atoms with Crippen LogP contribution in [0.4, 0.5) is 8.78 Å². The van der Waals surface area contributed by atoms with Gasteiger partial charge in [-0.1, -0.05) is 31.4 Å². The maximum atomic E-state index is 15.1. The van der Waals surface area contributed by atoms with Crippen LogP contribution in [0.15, 0.2) is 78.9 Å². The molecule has 0 saturated carbocycles. The summed E-state index contributed by atoms with van der Waals surface area (Å²) in [5.74, 6) is -1.66. The van der Waals surface area contributed by atoms with Crippen LogP contribution in [0.1, 0.15) is 13.8 Å². The van der Waals surface area contributed by atoms with Crippen molar-refractivity contribution in [3.63, 3.8) is 0 Å². The smallest absolute Gasteiger partial charge is 0.338 e. The maximum Gasteiger partial charge on any atom is 0.338 e. The first-order valence-corrected chi connectivity index (χ1v) is 11.2. The third-order valence-electron chi connectivity index (χ3n) is 5.18. The lowest BCUT2D eigenvalue weighted by molar-refractivity contribution is -0.139. The predicted molar refractivity (Wildman–Crippen MR) is 135 cm³/mol. The van der Waals surface area contributed by atoms with Crippen molar-refractivity contribution >= 4 is 11.9 Å². The number of carbonyl (C=O) groups excluding carboxylic acids is 2. The minimum Gasteiger partial charge on any atom is -0.493 e. The third-order valence-corrected chi connectivity index (χ3v) is 5.18. The van der Waals surface area contributed by atoms with E-state index in [1.807, 2.05) is 0 Å². The van der Waals surface area contributed by atoms with Gasteiger partial charge in [0.2, 0.25) is 0 Å². The second kappa shape index (κ2) is 12.0. The number of hydrogen-bond donors (Lipinski definition) is 0. The Bertz CT molecular complexity index is 1360. The van der Waals surface area contributed by atoms with Crippen molar-refractivity contribution in [2.24, 2.45) is 0 Å². The number of hydrogen-bond acceptors (Lipinski definition) is 6. The van der Waals surface area contributed by atoms with E-state index in [4.69, 9.17) is 18.9 Å². The Kier molecular flexibility index (Phi) is 8.79. The molecule has 0 saturated heterocycles. The first-order valence-electron chi connectivity index (χ1n) is 11.2. The lowest BCUT2D eigenvalue weighted by atomic mass is 9.99. The average molecular weight is 509 g/mol. The zero-order chi connectivity index (χ0) is 27.1. The lowest BCUT2D eigenvalue weighted by Gasteiger charge is -2.13. The average Bonchev–Trinajstić information content (AvgIpc) is 2.86. The van der Waals surface area contributed by atoms with Gasteiger partial charge in [-0.2, -0.15) is 0 Å². The third kappa shape index (κ3) is 6.82. The zero-order valence-electron chi connectivity index (χ0n) is 20.7. The van der Waals surface area contributed by atoms with Gasteiger partial charge in [0.05, 0.1) is 7.11 Å². The van der Waals surface area contributed by atoms with Gasteiger partial charge in [0.15, 0.2) is 11.5 Å². The molecule has 0 fully saturated rings. The van der Waals surface area contributed by atoms with Crippen LogP contribution in [-0.4, -0.2) is 32.3 Å². The quantitative estimate of drug-likeness (QED) is 0.139. The molecule has 0 unspecified atom stereocenters. The summed E-state index contributed by atoms with van der Waals surface area (Å²) in [7, 11) is 1.40. The molecule has 6 nitrogen and oxygen atoms in total. The van der Waals surface area contributed by atoms with E-state index >= 15 is 4.39 Å². The maximum absolute atomic E-state index is 15.1. The van der Waals surface area contributed by atoms with E-state index in [9.17, 15) is 14.0 Å². The molecule has 0 aliphatic carbocycles. The van der Waals surface area contributed by atoms with Crippen molar-refractivity contribution in [3.05, 3.63) is 90.5 Å². The van der Waals surface area contributed by atoms with Crippen LogP contribution in [-0.2, 0) is 14.3 Å². The minimum absolute atomic E-state index is 0.0101. The molecule has 192 valence electrons. The molecule has 0 atom stereocenters. The molecule has 0 aliphatic heterocycles. The number of methoxy groups -OCH3 is 1. The Labute approximate surface area is 213 Å². The topological polar surface area (TPSA) is 71.1 Å². The minimum atomic E-state index is -0.605. The fraction of sp³-hybridized carbons (Fsp3) is 0.172. The van der Waals surface area contributed by atoms with Crippen molar-refractivity contribution in [1.82, 2.24) is 0 Å². The normalized spacial score (nSPS) is 10.4. The van der Waals surface area contributed by atoms with Gasteiger partial charge < -0.3 is 18.9 Å². The van der Waals surface area contributed by atoms with E-state index in [-0.39, 0.29) is 52.7 Å². The van der Waals surface area contributed by atoms with Crippen molar-refractivity contribution in [1.29, 1.82) is 0 Å². The number of ether oxygens (including phenoxy) is 4. The van der Waals surface area contributed by atoms with Crippen molar-refractivity contribution in [3.8, 4) is 39.5 Å². The van der Waals surface area contributed by atoms with E-state index in [0.29, 0.717) is 11.1 Å². The van der Waals surface area contributed by atoms with Gasteiger partial charge >= 0.3 is 11.9 Å². The summed E-state index contributed by atoms with van der Waals surface area (Å²) in [5, 5.41) is 0. The van der Waals surface area contributed by atoms with Crippen LogP contribution in [0, 0.1) is 11.6 Å². The summed E-state index contributed by atoms with van der Waals surface area (Å²) in [6, 6.07) is 13.2. The molecule has 0 heterocycles. The largest absolute Gasteiger partial charge is 0.493 e. The molecular formula is C29H26F2O6. The Hall–Kier alpha value is -4.46. The van der Waals surface area contributed by atoms with Gasteiger partial charge in [-0.25, -0.2) is 18.4 Å². The molecule has 0 bridgehead atoms. The van der Waals surface area contributed by atoms with Gasteiger partial charge in [0.1, 0.15) is 30.6 Å². The molecule has 3 rings (SSSR count). The van der Waals surface area contributed by atoms with Gasteiger partial charge in [-0.05, 0) is 55.3 Å². The zero-order valence-corrected chi connectivity index (χ0v) is 20.7. The van der Waals surface area contributed by atoms with Gasteiger partial charge in [0, 0.05) is 28.3 Å². The first-order chi connectivity index (χ1) is 17.6. The number of benzene rings is 3. The molecule has 0 aliphatic rings. The van der Waals surface area contributed by atoms with Crippen LogP contribution in [0.5, 0.6) is 17.2 Å². The Morgan fingerprint density at radius 1 is 0.757 bits per heavy atom. The molecule has 0 spiro atoms. The first kappa shape index (κ1) is 27.1. The SMILES string of the molecule is C=C(C)C(=O)OCCOc1ccc(-c2ccc(-c3ccc(OC(=O)C(=C)C)c(OC)c3)c(F)c2)c(F)c1. The summed E-state index contributed by atoms with van der Waals surface area (Å²) >= 11 is 0. The summed E-state index contributed by atoms with van der Waals surface area (Å²) in [6.45, 7) is 10.1. The van der Waals surface area contributed by atoms with Crippen LogP contribution < -0.4 is 14.2 Å². The highest BCUT2D eigenvalue weighted by Gasteiger charge is 2.15. The van der Waals surface area contributed by atoms with E-state index in [2.05, 4.69) is 13.2 Å². The number of halogens is 2. The molecule has 3 aromatic carbocycles. The van der Waals surface area contributed by atoms with Crippen LogP contribution in [0.2, 0.25) is 0 Å². The number of carbonyl (C=O) groups is 2. The molecular weight excluding hydrogens is 482 g/mol.